The molecule has 5 nitrogen and oxygen atoms in total. The number of carboxylic acid groups (broad SMARTS) is 1. The Bertz CT molecular complexity index is 653. The first-order valence-corrected chi connectivity index (χ1v) is 6.89. The zero-order chi connectivity index (χ0) is 15.8. The number of rotatable bonds is 7. The minimum Gasteiger partial charge on any atom is -0.490 e. The minimum absolute atomic E-state index is 0.339. The third-order valence-corrected chi connectivity index (χ3v) is 2.79. The van der Waals surface area contributed by atoms with Crippen LogP contribution in [-0.2, 0) is 11.4 Å². The van der Waals surface area contributed by atoms with E-state index in [1.165, 1.54) is 6.08 Å². The number of aromatic nitrogens is 1. The van der Waals surface area contributed by atoms with Gasteiger partial charge in [0, 0.05) is 12.3 Å². The van der Waals surface area contributed by atoms with Gasteiger partial charge in [-0.1, -0.05) is 12.1 Å². The molecule has 1 N–H and O–H groups in total. The van der Waals surface area contributed by atoms with Crippen LogP contribution in [0.1, 0.15) is 18.2 Å². The van der Waals surface area contributed by atoms with E-state index in [4.69, 9.17) is 14.6 Å². The Kier molecular flexibility index (Phi) is 5.54. The molecule has 2 rings (SSSR count). The zero-order valence-electron chi connectivity index (χ0n) is 12.2. The smallest absolute Gasteiger partial charge is 0.328 e. The fourth-order valence-electron chi connectivity index (χ4n) is 1.82. The summed E-state index contributed by atoms with van der Waals surface area (Å²) in [7, 11) is 0. The van der Waals surface area contributed by atoms with Crippen LogP contribution in [0.15, 0.2) is 48.7 Å². The highest BCUT2D eigenvalue weighted by Crippen LogP contribution is 2.29. The molecular weight excluding hydrogens is 282 g/mol. The van der Waals surface area contributed by atoms with Gasteiger partial charge in [-0.25, -0.2) is 4.79 Å². The Morgan fingerprint density at radius 1 is 1.23 bits per heavy atom. The second-order valence-corrected chi connectivity index (χ2v) is 4.42. The Balaban J connectivity index is 2.14. The molecule has 5 heteroatoms. The molecule has 1 heterocycles. The van der Waals surface area contributed by atoms with E-state index in [0.29, 0.717) is 24.7 Å². The molecule has 0 atom stereocenters. The van der Waals surface area contributed by atoms with E-state index >= 15 is 0 Å². The van der Waals surface area contributed by atoms with Gasteiger partial charge in [-0.3, -0.25) is 4.98 Å². The fraction of sp³-hybridized carbons (Fsp3) is 0.176. The van der Waals surface area contributed by atoms with Crippen LogP contribution in [0.4, 0.5) is 0 Å². The van der Waals surface area contributed by atoms with Crippen molar-refractivity contribution in [3.63, 3.8) is 0 Å². The summed E-state index contributed by atoms with van der Waals surface area (Å²) < 4.78 is 11.3. The van der Waals surface area contributed by atoms with E-state index in [1.807, 2.05) is 25.1 Å². The number of carbonyl (C=O) groups is 1. The van der Waals surface area contributed by atoms with Gasteiger partial charge >= 0.3 is 5.97 Å². The van der Waals surface area contributed by atoms with Crippen molar-refractivity contribution in [1.29, 1.82) is 0 Å². The molecular formula is C17H17NO4. The minimum atomic E-state index is -0.992. The predicted octanol–water partition coefficient (Wildman–Crippen LogP) is 3.16. The van der Waals surface area contributed by atoms with Crippen molar-refractivity contribution in [2.75, 3.05) is 6.61 Å². The molecule has 0 spiro atoms. The van der Waals surface area contributed by atoms with Crippen molar-refractivity contribution in [3.05, 3.63) is 59.9 Å². The van der Waals surface area contributed by atoms with Crippen molar-refractivity contribution < 1.29 is 19.4 Å². The van der Waals surface area contributed by atoms with Gasteiger partial charge < -0.3 is 14.6 Å². The molecule has 0 fully saturated rings. The molecule has 1 aromatic heterocycles. The topological polar surface area (TPSA) is 68.7 Å². The number of carboxylic acids is 1. The summed E-state index contributed by atoms with van der Waals surface area (Å²) in [6.07, 6.45) is 4.30. The normalized spacial score (nSPS) is 10.6. The molecule has 0 aliphatic carbocycles. The highest BCUT2D eigenvalue weighted by molar-refractivity contribution is 5.85. The van der Waals surface area contributed by atoms with Crippen molar-refractivity contribution >= 4 is 12.0 Å². The van der Waals surface area contributed by atoms with Crippen LogP contribution in [-0.4, -0.2) is 22.7 Å². The fourth-order valence-corrected chi connectivity index (χ4v) is 1.82. The first-order valence-electron chi connectivity index (χ1n) is 6.89. The summed E-state index contributed by atoms with van der Waals surface area (Å²) in [6, 6.07) is 10.9. The van der Waals surface area contributed by atoms with Gasteiger partial charge in [0.2, 0.25) is 0 Å². The van der Waals surface area contributed by atoms with Gasteiger partial charge in [-0.15, -0.1) is 0 Å². The monoisotopic (exact) mass is 299 g/mol. The van der Waals surface area contributed by atoms with Gasteiger partial charge in [0.1, 0.15) is 6.61 Å². The van der Waals surface area contributed by atoms with Crippen LogP contribution < -0.4 is 9.47 Å². The molecule has 0 amide bonds. The first kappa shape index (κ1) is 15.6. The lowest BCUT2D eigenvalue weighted by Gasteiger charge is -2.12. The van der Waals surface area contributed by atoms with E-state index in [9.17, 15) is 4.79 Å². The number of ether oxygens (including phenoxy) is 2. The van der Waals surface area contributed by atoms with E-state index in [-0.39, 0.29) is 0 Å². The van der Waals surface area contributed by atoms with Gasteiger partial charge in [-0.05, 0) is 42.8 Å². The Morgan fingerprint density at radius 3 is 2.77 bits per heavy atom. The maximum Gasteiger partial charge on any atom is 0.328 e. The Labute approximate surface area is 128 Å². The van der Waals surface area contributed by atoms with Gasteiger partial charge in [0.05, 0.1) is 12.3 Å². The maximum absolute atomic E-state index is 10.6. The van der Waals surface area contributed by atoms with Crippen molar-refractivity contribution in [2.24, 2.45) is 0 Å². The molecule has 0 bridgehead atoms. The highest BCUT2D eigenvalue weighted by atomic mass is 16.5. The number of benzene rings is 1. The van der Waals surface area contributed by atoms with Gasteiger partial charge in [-0.2, -0.15) is 0 Å². The summed E-state index contributed by atoms with van der Waals surface area (Å²) in [4.78, 5) is 14.8. The molecule has 0 unspecified atom stereocenters. The largest absolute Gasteiger partial charge is 0.490 e. The second-order valence-electron chi connectivity index (χ2n) is 4.42. The van der Waals surface area contributed by atoms with Crippen molar-refractivity contribution in [2.45, 2.75) is 13.5 Å². The standard InChI is InChI=1S/C17H17NO4/c1-2-21-16-11-13(7-9-17(19)20)6-8-15(16)22-12-14-5-3-4-10-18-14/h3-11H,2,12H2,1H3,(H,19,20). The SMILES string of the molecule is CCOc1cc(C=CC(=O)O)ccc1OCc1ccccn1. The third-order valence-electron chi connectivity index (χ3n) is 2.79. The number of hydrogen-bond acceptors (Lipinski definition) is 4. The number of pyridine rings is 1. The third kappa shape index (κ3) is 4.63. The molecule has 0 aliphatic heterocycles. The number of nitrogens with zero attached hydrogens (tertiary/aromatic N) is 1. The van der Waals surface area contributed by atoms with Gasteiger partial charge in [0.15, 0.2) is 11.5 Å². The lowest BCUT2D eigenvalue weighted by molar-refractivity contribution is -0.131. The predicted molar refractivity (Wildman–Crippen MR) is 82.8 cm³/mol. The zero-order valence-corrected chi connectivity index (χ0v) is 12.2. The summed E-state index contributed by atoms with van der Waals surface area (Å²) in [5.74, 6) is 0.180. The lowest BCUT2D eigenvalue weighted by atomic mass is 10.2. The van der Waals surface area contributed by atoms with Crippen LogP contribution in [0, 0.1) is 0 Å². The summed E-state index contributed by atoms with van der Waals surface area (Å²) in [5, 5.41) is 8.66. The van der Waals surface area contributed by atoms with Crippen molar-refractivity contribution in [3.8, 4) is 11.5 Å². The van der Waals surface area contributed by atoms with E-state index in [1.54, 1.807) is 24.4 Å². The van der Waals surface area contributed by atoms with E-state index < -0.39 is 5.97 Å². The van der Waals surface area contributed by atoms with Crippen LogP contribution in [0.5, 0.6) is 11.5 Å². The Hall–Kier alpha value is -2.82. The quantitative estimate of drug-likeness (QED) is 0.795. The molecule has 2 aromatic rings. The number of aliphatic carboxylic acids is 1. The first-order chi connectivity index (χ1) is 10.7. The Morgan fingerprint density at radius 2 is 2.09 bits per heavy atom. The van der Waals surface area contributed by atoms with Crippen LogP contribution in [0.2, 0.25) is 0 Å². The molecule has 0 radical (unpaired) electrons. The lowest BCUT2D eigenvalue weighted by Crippen LogP contribution is -2.01. The summed E-state index contributed by atoms with van der Waals surface area (Å²) >= 11 is 0. The molecule has 22 heavy (non-hydrogen) atoms. The maximum atomic E-state index is 10.6. The summed E-state index contributed by atoms with van der Waals surface area (Å²) in [6.45, 7) is 2.71. The van der Waals surface area contributed by atoms with Crippen LogP contribution in [0.3, 0.4) is 0 Å². The highest BCUT2D eigenvalue weighted by Gasteiger charge is 2.06. The number of hydrogen-bond donors (Lipinski definition) is 1. The van der Waals surface area contributed by atoms with Crippen molar-refractivity contribution in [1.82, 2.24) is 4.98 Å². The average molecular weight is 299 g/mol. The average Bonchev–Trinajstić information content (AvgIpc) is 2.53. The van der Waals surface area contributed by atoms with Crippen LogP contribution >= 0.6 is 0 Å². The molecule has 0 saturated carbocycles. The van der Waals surface area contributed by atoms with E-state index in [2.05, 4.69) is 4.98 Å². The molecule has 114 valence electrons. The second kappa shape index (κ2) is 7.83. The molecule has 0 saturated heterocycles. The van der Waals surface area contributed by atoms with Gasteiger partial charge in [0.25, 0.3) is 0 Å². The molecule has 1 aromatic carbocycles. The summed E-state index contributed by atoms with van der Waals surface area (Å²) in [5.41, 5.74) is 1.55. The van der Waals surface area contributed by atoms with E-state index in [0.717, 1.165) is 17.3 Å². The van der Waals surface area contributed by atoms with Crippen LogP contribution in [0.25, 0.3) is 6.08 Å². The molecule has 0 aliphatic rings.